The van der Waals surface area contributed by atoms with Crippen LogP contribution in [0.3, 0.4) is 0 Å². The predicted molar refractivity (Wildman–Crippen MR) is 51.9 cm³/mol. The maximum atomic E-state index is 10.9. The molecule has 1 atom stereocenters. The van der Waals surface area contributed by atoms with E-state index in [0.717, 1.165) is 19.1 Å². The van der Waals surface area contributed by atoms with Gasteiger partial charge in [0, 0.05) is 18.8 Å². The maximum Gasteiger partial charge on any atom is 0.308 e. The Morgan fingerprint density at radius 3 is 2.50 bits per heavy atom. The van der Waals surface area contributed by atoms with Gasteiger partial charge in [-0.25, -0.2) is 8.42 Å². The Kier molecular flexibility index (Phi) is 3.49. The lowest BCUT2D eigenvalue weighted by molar-refractivity contribution is -0.140. The molecular formula is C8H15NO4S. The third-order valence-corrected chi connectivity index (χ3v) is 3.09. The molecule has 2 N–H and O–H groups in total. The lowest BCUT2D eigenvalue weighted by Crippen LogP contribution is -2.34. The summed E-state index contributed by atoms with van der Waals surface area (Å²) >= 11 is 0. The van der Waals surface area contributed by atoms with Gasteiger partial charge in [0.15, 0.2) is 0 Å². The van der Waals surface area contributed by atoms with E-state index in [0.29, 0.717) is 6.04 Å². The van der Waals surface area contributed by atoms with Gasteiger partial charge in [-0.1, -0.05) is 0 Å². The number of carboxylic acids is 1. The van der Waals surface area contributed by atoms with E-state index in [1.165, 1.54) is 0 Å². The fourth-order valence-corrected chi connectivity index (χ4v) is 2.17. The monoisotopic (exact) mass is 221 g/mol. The molecule has 1 rings (SSSR count). The van der Waals surface area contributed by atoms with Crippen molar-refractivity contribution in [2.75, 3.05) is 18.6 Å². The Bertz CT molecular complexity index is 307. The second kappa shape index (κ2) is 4.27. The van der Waals surface area contributed by atoms with Crippen molar-refractivity contribution >= 4 is 15.8 Å². The number of sulfone groups is 1. The molecular weight excluding hydrogens is 206 g/mol. The first-order chi connectivity index (χ1) is 6.38. The average molecular weight is 221 g/mol. The summed E-state index contributed by atoms with van der Waals surface area (Å²) in [4.78, 5) is 10.7. The van der Waals surface area contributed by atoms with E-state index in [1.807, 2.05) is 0 Å². The maximum absolute atomic E-state index is 10.9. The molecule has 0 spiro atoms. The van der Waals surface area contributed by atoms with Gasteiger partial charge in [0.05, 0.1) is 11.7 Å². The topological polar surface area (TPSA) is 83.5 Å². The highest BCUT2D eigenvalue weighted by molar-refractivity contribution is 7.90. The second-order valence-corrected chi connectivity index (χ2v) is 5.99. The van der Waals surface area contributed by atoms with Crippen LogP contribution in [0.1, 0.15) is 12.8 Å². The number of carboxylic acid groups (broad SMARTS) is 1. The van der Waals surface area contributed by atoms with Crippen LogP contribution < -0.4 is 5.32 Å². The summed E-state index contributed by atoms with van der Waals surface area (Å²) in [5, 5.41) is 11.8. The minimum atomic E-state index is -3.22. The van der Waals surface area contributed by atoms with Gasteiger partial charge in [-0.15, -0.1) is 0 Å². The van der Waals surface area contributed by atoms with Gasteiger partial charge in [-0.2, -0.15) is 0 Å². The average Bonchev–Trinajstić information content (AvgIpc) is 2.78. The van der Waals surface area contributed by atoms with E-state index in [2.05, 4.69) is 5.32 Å². The number of rotatable bonds is 6. The first-order valence-electron chi connectivity index (χ1n) is 4.52. The van der Waals surface area contributed by atoms with Gasteiger partial charge in [-0.05, 0) is 12.8 Å². The normalized spacial score (nSPS) is 19.2. The van der Waals surface area contributed by atoms with Crippen molar-refractivity contribution in [3.63, 3.8) is 0 Å². The molecule has 0 aromatic carbocycles. The molecule has 1 aliphatic rings. The van der Waals surface area contributed by atoms with Gasteiger partial charge in [-0.3, -0.25) is 4.79 Å². The van der Waals surface area contributed by atoms with E-state index in [1.54, 1.807) is 0 Å². The molecule has 0 heterocycles. The molecule has 1 aliphatic carbocycles. The van der Waals surface area contributed by atoms with Crippen LogP contribution in [0.15, 0.2) is 0 Å². The quantitative estimate of drug-likeness (QED) is 0.631. The van der Waals surface area contributed by atoms with Crippen molar-refractivity contribution in [3.05, 3.63) is 0 Å². The fraction of sp³-hybridized carbons (Fsp3) is 0.875. The van der Waals surface area contributed by atoms with E-state index in [-0.39, 0.29) is 12.3 Å². The molecule has 0 aliphatic heterocycles. The molecule has 0 radical (unpaired) electrons. The molecule has 1 fully saturated rings. The van der Waals surface area contributed by atoms with Gasteiger partial charge in [0.1, 0.15) is 9.84 Å². The Morgan fingerprint density at radius 1 is 1.57 bits per heavy atom. The smallest absolute Gasteiger partial charge is 0.308 e. The van der Waals surface area contributed by atoms with E-state index in [9.17, 15) is 13.2 Å². The van der Waals surface area contributed by atoms with Crippen molar-refractivity contribution in [1.82, 2.24) is 5.32 Å². The van der Waals surface area contributed by atoms with Crippen LogP contribution in [0, 0.1) is 5.92 Å². The predicted octanol–water partition coefficient (Wildman–Crippen LogP) is -0.516. The molecule has 14 heavy (non-hydrogen) atoms. The van der Waals surface area contributed by atoms with Crippen molar-refractivity contribution < 1.29 is 18.3 Å². The SMILES string of the molecule is CS(=O)(=O)CC(CNC1CC1)C(=O)O. The standard InChI is InChI=1S/C8H15NO4S/c1-14(12,13)5-6(8(10)11)4-9-7-2-3-7/h6-7,9H,2-5H2,1H3,(H,10,11). The van der Waals surface area contributed by atoms with Crippen LogP contribution in [0.25, 0.3) is 0 Å². The fourth-order valence-electron chi connectivity index (χ4n) is 1.18. The molecule has 0 amide bonds. The van der Waals surface area contributed by atoms with Crippen LogP contribution in [0.4, 0.5) is 0 Å². The zero-order valence-electron chi connectivity index (χ0n) is 8.06. The Morgan fingerprint density at radius 2 is 2.14 bits per heavy atom. The lowest BCUT2D eigenvalue weighted by atomic mass is 10.2. The highest BCUT2D eigenvalue weighted by Crippen LogP contribution is 2.18. The number of nitrogens with one attached hydrogen (secondary N) is 1. The van der Waals surface area contributed by atoms with E-state index in [4.69, 9.17) is 5.11 Å². The third kappa shape index (κ3) is 4.57. The number of carbonyl (C=O) groups is 1. The third-order valence-electron chi connectivity index (χ3n) is 2.08. The summed E-state index contributed by atoms with van der Waals surface area (Å²) in [6.07, 6.45) is 3.18. The van der Waals surface area contributed by atoms with Crippen LogP contribution in [-0.2, 0) is 14.6 Å². The molecule has 1 unspecified atom stereocenters. The van der Waals surface area contributed by atoms with Crippen molar-refractivity contribution in [3.8, 4) is 0 Å². The van der Waals surface area contributed by atoms with Crippen LogP contribution in [0.2, 0.25) is 0 Å². The number of hydrogen-bond donors (Lipinski definition) is 2. The molecule has 1 saturated carbocycles. The summed E-state index contributed by atoms with van der Waals surface area (Å²) < 4.78 is 21.8. The highest BCUT2D eigenvalue weighted by atomic mass is 32.2. The number of hydrogen-bond acceptors (Lipinski definition) is 4. The summed E-state index contributed by atoms with van der Waals surface area (Å²) in [6.45, 7) is 0.243. The van der Waals surface area contributed by atoms with Gasteiger partial charge >= 0.3 is 5.97 Å². The van der Waals surface area contributed by atoms with Crippen LogP contribution in [0.5, 0.6) is 0 Å². The minimum Gasteiger partial charge on any atom is -0.481 e. The van der Waals surface area contributed by atoms with Gasteiger partial charge in [0.25, 0.3) is 0 Å². The summed E-state index contributed by atoms with van der Waals surface area (Å²) in [7, 11) is -3.22. The first kappa shape index (κ1) is 11.5. The molecule has 0 saturated heterocycles. The summed E-state index contributed by atoms with van der Waals surface area (Å²) in [5.74, 6) is -2.17. The van der Waals surface area contributed by atoms with Gasteiger partial charge < -0.3 is 10.4 Å². The van der Waals surface area contributed by atoms with Crippen molar-refractivity contribution in [2.24, 2.45) is 5.92 Å². The molecule has 0 aromatic rings. The van der Waals surface area contributed by atoms with Crippen molar-refractivity contribution in [1.29, 1.82) is 0 Å². The molecule has 82 valence electrons. The molecule has 6 heteroatoms. The van der Waals surface area contributed by atoms with E-state index >= 15 is 0 Å². The Labute approximate surface area is 83.4 Å². The second-order valence-electron chi connectivity index (χ2n) is 3.81. The Balaban J connectivity index is 2.41. The summed E-state index contributed by atoms with van der Waals surface area (Å²) in [6, 6.07) is 0.399. The van der Waals surface area contributed by atoms with Crippen LogP contribution in [-0.4, -0.2) is 44.1 Å². The first-order valence-corrected chi connectivity index (χ1v) is 6.58. The largest absolute Gasteiger partial charge is 0.481 e. The van der Waals surface area contributed by atoms with Gasteiger partial charge in [0.2, 0.25) is 0 Å². The molecule has 0 aromatic heterocycles. The summed E-state index contributed by atoms with van der Waals surface area (Å²) in [5.41, 5.74) is 0. The van der Waals surface area contributed by atoms with Crippen LogP contribution >= 0.6 is 0 Å². The molecule has 5 nitrogen and oxygen atoms in total. The highest BCUT2D eigenvalue weighted by Gasteiger charge is 2.26. The minimum absolute atomic E-state index is 0.243. The van der Waals surface area contributed by atoms with Crippen molar-refractivity contribution in [2.45, 2.75) is 18.9 Å². The zero-order valence-corrected chi connectivity index (χ0v) is 8.88. The number of aliphatic carboxylic acids is 1. The van der Waals surface area contributed by atoms with E-state index < -0.39 is 21.7 Å². The Hall–Kier alpha value is -0.620. The lowest BCUT2D eigenvalue weighted by Gasteiger charge is -2.11. The zero-order chi connectivity index (χ0) is 10.8. The molecule has 0 bridgehead atoms.